The van der Waals surface area contributed by atoms with Crippen LogP contribution in [0.4, 0.5) is 10.1 Å². The van der Waals surface area contributed by atoms with E-state index in [2.05, 4.69) is 5.32 Å². The summed E-state index contributed by atoms with van der Waals surface area (Å²) in [5.74, 6) is -0.763. The first-order valence-corrected chi connectivity index (χ1v) is 9.98. The number of carbonyl (C=O) groups excluding carboxylic acids is 1. The van der Waals surface area contributed by atoms with Crippen molar-refractivity contribution in [2.24, 2.45) is 7.05 Å². The average molecular weight is 429 g/mol. The minimum Gasteiger partial charge on any atom is -0.487 e. The van der Waals surface area contributed by atoms with Gasteiger partial charge in [0.15, 0.2) is 5.58 Å². The third-order valence-electron chi connectivity index (χ3n) is 5.46. The predicted octanol–water partition coefficient (Wildman–Crippen LogP) is 2.11. The first-order chi connectivity index (χ1) is 14.7. The Hall–Kier alpha value is -3.17. The lowest BCUT2D eigenvalue weighted by atomic mass is 9.91. The number of halogens is 1. The summed E-state index contributed by atoms with van der Waals surface area (Å²) in [6.45, 7) is 2.50. The maximum atomic E-state index is 13.4. The number of nitrogens with zero attached hydrogens (tertiary/aromatic N) is 2. The van der Waals surface area contributed by atoms with E-state index in [0.717, 1.165) is 0 Å². The molecule has 0 aliphatic carbocycles. The van der Waals surface area contributed by atoms with Crippen LogP contribution in [0.5, 0.6) is 5.75 Å². The van der Waals surface area contributed by atoms with E-state index in [1.165, 1.54) is 16.7 Å². The van der Waals surface area contributed by atoms with Crippen molar-refractivity contribution in [2.45, 2.75) is 25.0 Å². The van der Waals surface area contributed by atoms with Crippen LogP contribution in [0.2, 0.25) is 0 Å². The number of ether oxygens (including phenoxy) is 1. The van der Waals surface area contributed by atoms with Gasteiger partial charge < -0.3 is 19.6 Å². The Kier molecular flexibility index (Phi) is 5.55. The van der Waals surface area contributed by atoms with Gasteiger partial charge in [-0.1, -0.05) is 6.07 Å². The van der Waals surface area contributed by atoms with Gasteiger partial charge in [0.2, 0.25) is 5.91 Å². The summed E-state index contributed by atoms with van der Waals surface area (Å²) in [5, 5.41) is 13.6. The summed E-state index contributed by atoms with van der Waals surface area (Å²) in [4.78, 5) is 25.9. The number of carbonyl (C=O) groups is 1. The first kappa shape index (κ1) is 21.1. The molecular weight excluding hydrogens is 405 g/mol. The largest absolute Gasteiger partial charge is 0.487 e. The van der Waals surface area contributed by atoms with Gasteiger partial charge in [0.1, 0.15) is 23.3 Å². The molecule has 1 aromatic heterocycles. The van der Waals surface area contributed by atoms with Gasteiger partial charge in [0.05, 0.1) is 12.1 Å². The fourth-order valence-electron chi connectivity index (χ4n) is 3.88. The van der Waals surface area contributed by atoms with E-state index in [1.807, 2.05) is 4.90 Å². The zero-order valence-corrected chi connectivity index (χ0v) is 17.3. The molecule has 4 rings (SSSR count). The minimum absolute atomic E-state index is 0.0829. The number of benzene rings is 2. The molecular formula is C22H24FN3O5. The van der Waals surface area contributed by atoms with Crippen molar-refractivity contribution >= 4 is 22.7 Å². The molecule has 8 nitrogen and oxygen atoms in total. The van der Waals surface area contributed by atoms with Crippen molar-refractivity contribution < 1.29 is 23.4 Å². The van der Waals surface area contributed by atoms with Crippen LogP contribution in [0.1, 0.15) is 13.3 Å². The van der Waals surface area contributed by atoms with Crippen molar-refractivity contribution in [3.8, 4) is 5.75 Å². The Morgan fingerprint density at radius 1 is 1.35 bits per heavy atom. The van der Waals surface area contributed by atoms with Crippen LogP contribution in [0.25, 0.3) is 11.1 Å². The smallest absolute Gasteiger partial charge is 0.419 e. The molecule has 31 heavy (non-hydrogen) atoms. The Morgan fingerprint density at radius 2 is 2.16 bits per heavy atom. The monoisotopic (exact) mass is 429 g/mol. The summed E-state index contributed by atoms with van der Waals surface area (Å²) in [6.07, 6.45) is -0.0326. The lowest BCUT2D eigenvalue weighted by Gasteiger charge is -2.42. The lowest BCUT2D eigenvalue weighted by molar-refractivity contribution is -0.123. The Morgan fingerprint density at radius 3 is 2.90 bits per heavy atom. The van der Waals surface area contributed by atoms with Crippen LogP contribution in [-0.2, 0) is 11.8 Å². The number of aryl methyl sites for hydroxylation is 1. The quantitative estimate of drug-likeness (QED) is 0.645. The molecule has 3 aromatic rings. The van der Waals surface area contributed by atoms with E-state index in [0.29, 0.717) is 35.5 Å². The maximum absolute atomic E-state index is 13.4. The fraction of sp³-hybridized carbons (Fsp3) is 0.364. The van der Waals surface area contributed by atoms with Crippen molar-refractivity contribution in [3.05, 3.63) is 58.8 Å². The number of aromatic nitrogens is 1. The summed E-state index contributed by atoms with van der Waals surface area (Å²) >= 11 is 0. The van der Waals surface area contributed by atoms with Gasteiger partial charge in [-0.2, -0.15) is 0 Å². The van der Waals surface area contributed by atoms with E-state index >= 15 is 0 Å². The zero-order valence-electron chi connectivity index (χ0n) is 17.3. The molecule has 1 aliphatic rings. The fourth-order valence-corrected chi connectivity index (χ4v) is 3.88. The molecule has 2 atom stereocenters. The normalized spacial score (nSPS) is 21.9. The van der Waals surface area contributed by atoms with Gasteiger partial charge >= 0.3 is 5.76 Å². The standard InChI is InChI=1S/C22H24FN3O5/c1-22(29)13-26(9-8-19(22)30-16-5-3-4-14(23)10-16)12-20(27)24-15-6-7-17-18(11-15)31-21(28)25(17)2/h3-7,10-11,19,29H,8-9,12-13H2,1-2H3,(H,24,27)/t19-,22-/m0/s1. The van der Waals surface area contributed by atoms with E-state index < -0.39 is 23.3 Å². The number of β-amino-alcohol motifs (C(OH)–C–C–N with tert-alkyl or cyclic N) is 1. The molecule has 1 fully saturated rings. The second-order valence-electron chi connectivity index (χ2n) is 8.08. The molecule has 0 bridgehead atoms. The molecule has 1 amide bonds. The number of rotatable bonds is 5. The number of hydrogen-bond acceptors (Lipinski definition) is 6. The minimum atomic E-state index is -1.21. The van der Waals surface area contributed by atoms with Gasteiger partial charge in [0, 0.05) is 38.0 Å². The maximum Gasteiger partial charge on any atom is 0.419 e. The number of amides is 1. The molecule has 2 heterocycles. The van der Waals surface area contributed by atoms with Crippen LogP contribution in [0.3, 0.4) is 0 Å². The van der Waals surface area contributed by atoms with E-state index in [-0.39, 0.29) is 19.0 Å². The first-order valence-electron chi connectivity index (χ1n) is 9.98. The van der Waals surface area contributed by atoms with Crippen LogP contribution in [0, 0.1) is 5.82 Å². The molecule has 0 saturated carbocycles. The number of aliphatic hydroxyl groups is 1. The number of hydrogen-bond donors (Lipinski definition) is 2. The molecule has 0 unspecified atom stereocenters. The van der Waals surface area contributed by atoms with Gasteiger partial charge in [0.25, 0.3) is 0 Å². The van der Waals surface area contributed by atoms with E-state index in [1.54, 1.807) is 44.3 Å². The molecule has 0 spiro atoms. The Labute approximate surface area is 177 Å². The Balaban J connectivity index is 1.36. The number of piperidine rings is 1. The number of nitrogens with one attached hydrogen (secondary N) is 1. The lowest BCUT2D eigenvalue weighted by Crippen LogP contribution is -2.58. The summed E-state index contributed by atoms with van der Waals surface area (Å²) in [6, 6.07) is 10.8. The molecule has 9 heteroatoms. The summed E-state index contributed by atoms with van der Waals surface area (Å²) in [7, 11) is 1.61. The number of oxazole rings is 1. The predicted molar refractivity (Wildman–Crippen MR) is 113 cm³/mol. The van der Waals surface area contributed by atoms with Gasteiger partial charge in [-0.3, -0.25) is 14.3 Å². The van der Waals surface area contributed by atoms with Gasteiger partial charge in [-0.15, -0.1) is 0 Å². The summed E-state index contributed by atoms with van der Waals surface area (Å²) < 4.78 is 25.7. The van der Waals surface area contributed by atoms with Gasteiger partial charge in [-0.25, -0.2) is 9.18 Å². The van der Waals surface area contributed by atoms with Crippen LogP contribution in [-0.4, -0.2) is 51.8 Å². The zero-order chi connectivity index (χ0) is 22.2. The second kappa shape index (κ2) is 8.16. The SMILES string of the molecule is Cn1c(=O)oc2cc(NC(=O)CN3CC[C@H](Oc4cccc(F)c4)[C@@](C)(O)C3)ccc21. The van der Waals surface area contributed by atoms with Crippen LogP contribution >= 0.6 is 0 Å². The highest BCUT2D eigenvalue weighted by Crippen LogP contribution is 2.27. The molecule has 1 saturated heterocycles. The van der Waals surface area contributed by atoms with Crippen molar-refractivity contribution in [1.82, 2.24) is 9.47 Å². The number of anilines is 1. The average Bonchev–Trinajstić information content (AvgIpc) is 2.97. The number of fused-ring (bicyclic) bond motifs is 1. The van der Waals surface area contributed by atoms with Crippen LogP contribution < -0.4 is 15.8 Å². The molecule has 1 aliphatic heterocycles. The highest BCUT2D eigenvalue weighted by molar-refractivity contribution is 5.94. The van der Waals surface area contributed by atoms with Crippen molar-refractivity contribution in [2.75, 3.05) is 25.0 Å². The molecule has 164 valence electrons. The highest BCUT2D eigenvalue weighted by atomic mass is 19.1. The second-order valence-corrected chi connectivity index (χ2v) is 8.08. The Bertz CT molecular complexity index is 1170. The topological polar surface area (TPSA) is 96.9 Å². The number of likely N-dealkylation sites (tertiary alicyclic amines) is 1. The van der Waals surface area contributed by atoms with Gasteiger partial charge in [-0.05, 0) is 37.6 Å². The van der Waals surface area contributed by atoms with Crippen molar-refractivity contribution in [3.63, 3.8) is 0 Å². The summed E-state index contributed by atoms with van der Waals surface area (Å²) in [5.41, 5.74) is 0.336. The molecule has 2 aromatic carbocycles. The van der Waals surface area contributed by atoms with Crippen LogP contribution in [0.15, 0.2) is 51.7 Å². The molecule has 0 radical (unpaired) electrons. The highest BCUT2D eigenvalue weighted by Gasteiger charge is 2.40. The van der Waals surface area contributed by atoms with Crippen molar-refractivity contribution in [1.29, 1.82) is 0 Å². The third kappa shape index (κ3) is 4.62. The third-order valence-corrected chi connectivity index (χ3v) is 5.46. The molecule has 2 N–H and O–H groups in total. The van der Waals surface area contributed by atoms with E-state index in [4.69, 9.17) is 9.15 Å². The van der Waals surface area contributed by atoms with E-state index in [9.17, 15) is 19.1 Å².